The predicted molar refractivity (Wildman–Crippen MR) is 110 cm³/mol. The Morgan fingerprint density at radius 2 is 1.96 bits per heavy atom. The third kappa shape index (κ3) is 3.89. The highest BCUT2D eigenvalue weighted by atomic mass is 79.9. The van der Waals surface area contributed by atoms with Crippen LogP contribution in [0.3, 0.4) is 0 Å². The van der Waals surface area contributed by atoms with Gasteiger partial charge in [0.1, 0.15) is 0 Å². The van der Waals surface area contributed by atoms with Crippen LogP contribution in [0.4, 0.5) is 5.95 Å². The van der Waals surface area contributed by atoms with Gasteiger partial charge in [0.25, 0.3) is 5.91 Å². The Labute approximate surface area is 170 Å². The Morgan fingerprint density at radius 1 is 1.14 bits per heavy atom. The van der Waals surface area contributed by atoms with E-state index >= 15 is 0 Å². The summed E-state index contributed by atoms with van der Waals surface area (Å²) >= 11 is 3.43. The highest BCUT2D eigenvalue weighted by molar-refractivity contribution is 9.10. The van der Waals surface area contributed by atoms with Gasteiger partial charge >= 0.3 is 0 Å². The summed E-state index contributed by atoms with van der Waals surface area (Å²) in [5.74, 6) is 0.958. The standard InChI is InChI=1S/C21H17BrN4O2/c1-14-4-2-5-16(12-14)20(27)26-21(23-13-15-7-9-17(22)10-8-15)24-19(25-26)18-6-3-11-28-18/h2-12H,13H2,1H3,(H,23,24,25). The van der Waals surface area contributed by atoms with Crippen LogP contribution in [0.25, 0.3) is 11.6 Å². The van der Waals surface area contributed by atoms with Gasteiger partial charge in [-0.1, -0.05) is 45.8 Å². The molecule has 0 spiro atoms. The Bertz CT molecular complexity index is 1100. The van der Waals surface area contributed by atoms with Crippen LogP contribution >= 0.6 is 15.9 Å². The molecule has 0 bridgehead atoms. The highest BCUT2D eigenvalue weighted by Crippen LogP contribution is 2.20. The first-order valence-electron chi connectivity index (χ1n) is 8.71. The van der Waals surface area contributed by atoms with Crippen molar-refractivity contribution in [3.05, 3.63) is 88.1 Å². The molecule has 0 aliphatic rings. The molecule has 28 heavy (non-hydrogen) atoms. The largest absolute Gasteiger partial charge is 0.461 e. The molecule has 1 N–H and O–H groups in total. The van der Waals surface area contributed by atoms with E-state index in [2.05, 4.69) is 31.3 Å². The van der Waals surface area contributed by atoms with Crippen LogP contribution in [0.15, 0.2) is 75.8 Å². The summed E-state index contributed by atoms with van der Waals surface area (Å²) < 4.78 is 7.68. The van der Waals surface area contributed by atoms with Crippen LogP contribution in [0, 0.1) is 6.92 Å². The van der Waals surface area contributed by atoms with Crippen molar-refractivity contribution < 1.29 is 9.21 Å². The molecule has 4 rings (SSSR count). The molecule has 0 saturated heterocycles. The molecule has 2 heterocycles. The summed E-state index contributed by atoms with van der Waals surface area (Å²) in [4.78, 5) is 17.5. The minimum atomic E-state index is -0.257. The summed E-state index contributed by atoms with van der Waals surface area (Å²) in [5, 5.41) is 7.59. The lowest BCUT2D eigenvalue weighted by Crippen LogP contribution is -2.17. The smallest absolute Gasteiger partial charge is 0.281 e. The van der Waals surface area contributed by atoms with E-state index in [1.54, 1.807) is 24.5 Å². The van der Waals surface area contributed by atoms with Gasteiger partial charge < -0.3 is 9.73 Å². The number of aromatic nitrogens is 3. The third-order valence-corrected chi connectivity index (χ3v) is 4.70. The molecular weight excluding hydrogens is 420 g/mol. The number of aryl methyl sites for hydroxylation is 1. The fourth-order valence-corrected chi connectivity index (χ4v) is 3.03. The Balaban J connectivity index is 1.67. The molecule has 0 atom stereocenters. The van der Waals surface area contributed by atoms with Crippen LogP contribution in [0.2, 0.25) is 0 Å². The Hall–Kier alpha value is -3.19. The van der Waals surface area contributed by atoms with Gasteiger partial charge in [0.05, 0.1) is 6.26 Å². The molecule has 0 aliphatic heterocycles. The quantitative estimate of drug-likeness (QED) is 0.481. The van der Waals surface area contributed by atoms with E-state index in [9.17, 15) is 4.79 Å². The number of hydrogen-bond donors (Lipinski definition) is 1. The Morgan fingerprint density at radius 3 is 2.68 bits per heavy atom. The SMILES string of the molecule is Cc1cccc(C(=O)n2nc(-c3ccco3)nc2NCc2ccc(Br)cc2)c1. The molecular formula is C21H17BrN4O2. The first-order valence-corrected chi connectivity index (χ1v) is 9.50. The second-order valence-electron chi connectivity index (χ2n) is 6.30. The summed E-state index contributed by atoms with van der Waals surface area (Å²) in [6.07, 6.45) is 1.55. The Kier molecular flexibility index (Phi) is 5.08. The maximum atomic E-state index is 13.0. The van der Waals surface area contributed by atoms with E-state index < -0.39 is 0 Å². The zero-order valence-corrected chi connectivity index (χ0v) is 16.7. The third-order valence-electron chi connectivity index (χ3n) is 4.17. The molecule has 0 amide bonds. The lowest BCUT2D eigenvalue weighted by molar-refractivity contribution is 0.0947. The zero-order valence-electron chi connectivity index (χ0n) is 15.1. The van der Waals surface area contributed by atoms with Gasteiger partial charge in [-0.3, -0.25) is 4.79 Å². The van der Waals surface area contributed by atoms with Crippen LogP contribution in [-0.2, 0) is 6.54 Å². The molecule has 2 aromatic heterocycles. The number of nitrogens with one attached hydrogen (secondary N) is 1. The number of nitrogens with zero attached hydrogens (tertiary/aromatic N) is 3. The van der Waals surface area contributed by atoms with Crippen molar-refractivity contribution in [2.45, 2.75) is 13.5 Å². The minimum Gasteiger partial charge on any atom is -0.461 e. The van der Waals surface area contributed by atoms with Crippen LogP contribution in [0.5, 0.6) is 0 Å². The number of hydrogen-bond acceptors (Lipinski definition) is 5. The highest BCUT2D eigenvalue weighted by Gasteiger charge is 2.20. The molecule has 140 valence electrons. The zero-order chi connectivity index (χ0) is 19.5. The molecule has 2 aromatic carbocycles. The lowest BCUT2D eigenvalue weighted by Gasteiger charge is -2.08. The van der Waals surface area contributed by atoms with Crippen LogP contribution in [0.1, 0.15) is 21.5 Å². The van der Waals surface area contributed by atoms with Crippen molar-refractivity contribution in [3.63, 3.8) is 0 Å². The second-order valence-corrected chi connectivity index (χ2v) is 7.22. The molecule has 0 saturated carbocycles. The second kappa shape index (κ2) is 7.82. The minimum absolute atomic E-state index is 0.257. The van der Waals surface area contributed by atoms with Gasteiger partial charge in [0, 0.05) is 16.6 Å². The van der Waals surface area contributed by atoms with Gasteiger partial charge in [0.15, 0.2) is 5.76 Å². The molecule has 4 aromatic rings. The van der Waals surface area contributed by atoms with Gasteiger partial charge in [-0.25, -0.2) is 0 Å². The average molecular weight is 437 g/mol. The molecule has 0 unspecified atom stereocenters. The van der Waals surface area contributed by atoms with E-state index in [1.165, 1.54) is 4.68 Å². The topological polar surface area (TPSA) is 73.0 Å². The van der Waals surface area contributed by atoms with Crippen molar-refractivity contribution >= 4 is 27.8 Å². The number of carbonyl (C=O) groups is 1. The molecule has 0 radical (unpaired) electrons. The summed E-state index contributed by atoms with van der Waals surface area (Å²) in [6.45, 7) is 2.45. The average Bonchev–Trinajstić information content (AvgIpc) is 3.37. The van der Waals surface area contributed by atoms with Crippen molar-refractivity contribution in [1.82, 2.24) is 14.8 Å². The number of rotatable bonds is 5. The number of benzene rings is 2. The molecule has 6 nitrogen and oxygen atoms in total. The van der Waals surface area contributed by atoms with Gasteiger partial charge in [-0.05, 0) is 48.9 Å². The number of carbonyl (C=O) groups excluding carboxylic acids is 1. The summed E-state index contributed by atoms with van der Waals surface area (Å²) in [5.41, 5.74) is 2.60. The maximum Gasteiger partial charge on any atom is 0.281 e. The monoisotopic (exact) mass is 436 g/mol. The van der Waals surface area contributed by atoms with E-state index in [-0.39, 0.29) is 5.91 Å². The van der Waals surface area contributed by atoms with E-state index in [0.29, 0.717) is 29.6 Å². The van der Waals surface area contributed by atoms with Crippen LogP contribution in [-0.4, -0.2) is 20.7 Å². The number of anilines is 1. The summed E-state index contributed by atoms with van der Waals surface area (Å²) in [6, 6.07) is 18.8. The van der Waals surface area contributed by atoms with Crippen molar-refractivity contribution in [2.24, 2.45) is 0 Å². The summed E-state index contributed by atoms with van der Waals surface area (Å²) in [7, 11) is 0. The molecule has 0 fully saturated rings. The van der Waals surface area contributed by atoms with E-state index in [4.69, 9.17) is 4.42 Å². The van der Waals surface area contributed by atoms with Gasteiger partial charge in [-0.15, -0.1) is 5.10 Å². The fourth-order valence-electron chi connectivity index (χ4n) is 2.76. The number of furan rings is 1. The maximum absolute atomic E-state index is 13.0. The van der Waals surface area contributed by atoms with Crippen molar-refractivity contribution in [3.8, 4) is 11.6 Å². The molecule has 7 heteroatoms. The van der Waals surface area contributed by atoms with Crippen LogP contribution < -0.4 is 5.32 Å². The van der Waals surface area contributed by atoms with Gasteiger partial charge in [-0.2, -0.15) is 9.67 Å². The fraction of sp³-hybridized carbons (Fsp3) is 0.0952. The van der Waals surface area contributed by atoms with Gasteiger partial charge in [0.2, 0.25) is 11.8 Å². The van der Waals surface area contributed by atoms with Crippen molar-refractivity contribution in [1.29, 1.82) is 0 Å². The van der Waals surface area contributed by atoms with E-state index in [1.807, 2.05) is 49.4 Å². The first kappa shape index (κ1) is 18.2. The first-order chi connectivity index (χ1) is 13.6. The lowest BCUT2D eigenvalue weighted by atomic mass is 10.1. The molecule has 0 aliphatic carbocycles. The van der Waals surface area contributed by atoms with Crippen molar-refractivity contribution in [2.75, 3.05) is 5.32 Å². The predicted octanol–water partition coefficient (Wildman–Crippen LogP) is 4.91. The van der Waals surface area contributed by atoms with E-state index in [0.717, 1.165) is 15.6 Å². The number of halogens is 1. The normalized spacial score (nSPS) is 10.8.